The lowest BCUT2D eigenvalue weighted by Crippen LogP contribution is -2.53. The fourth-order valence-corrected chi connectivity index (χ4v) is 2.32. The predicted octanol–water partition coefficient (Wildman–Crippen LogP) is 0.798. The van der Waals surface area contributed by atoms with Crippen molar-refractivity contribution < 1.29 is 14.4 Å². The monoisotopic (exact) mass is 354 g/mol. The molecular weight excluding hydrogens is 332 g/mol. The Morgan fingerprint density at radius 1 is 1.21 bits per heavy atom. The predicted molar refractivity (Wildman–Crippen MR) is 91.1 cm³/mol. The van der Waals surface area contributed by atoms with Crippen molar-refractivity contribution in [2.45, 2.75) is 45.7 Å². The summed E-state index contributed by atoms with van der Waals surface area (Å²) in [6, 6.07) is 1.68. The number of halogens is 1. The molecule has 0 fully saturated rings. The summed E-state index contributed by atoms with van der Waals surface area (Å²) < 4.78 is 0. The van der Waals surface area contributed by atoms with Crippen LogP contribution in [0.25, 0.3) is 0 Å². The van der Waals surface area contributed by atoms with Gasteiger partial charge in [0, 0.05) is 19.5 Å². The van der Waals surface area contributed by atoms with Gasteiger partial charge in [0.2, 0.25) is 17.7 Å². The van der Waals surface area contributed by atoms with Crippen LogP contribution in [-0.2, 0) is 20.8 Å². The Bertz CT molecular complexity index is 589. The molecule has 0 saturated carbocycles. The standard InChI is InChI=1S/C16H23ClN4O3/c1-9(2)6-13(20-10(3)22)16(24)21-12(15(18)23)7-11-4-5-14(17)19-8-11/h4-5,8-9,12-13H,6-7H2,1-3H3,(H2,18,23)(H,20,22)(H,21,24)/t12-,13-/m0/s1. The largest absolute Gasteiger partial charge is 0.368 e. The molecule has 0 radical (unpaired) electrons. The first-order valence-electron chi connectivity index (χ1n) is 7.66. The molecule has 4 N–H and O–H groups in total. The Labute approximate surface area is 146 Å². The van der Waals surface area contributed by atoms with Gasteiger partial charge in [-0.3, -0.25) is 14.4 Å². The topological polar surface area (TPSA) is 114 Å². The number of pyridine rings is 1. The van der Waals surface area contributed by atoms with Gasteiger partial charge in [-0.25, -0.2) is 4.98 Å². The van der Waals surface area contributed by atoms with E-state index in [1.165, 1.54) is 13.1 Å². The Kier molecular flexibility index (Phi) is 7.64. The minimum absolute atomic E-state index is 0.194. The molecule has 132 valence electrons. The lowest BCUT2D eigenvalue weighted by Gasteiger charge is -2.22. The summed E-state index contributed by atoms with van der Waals surface area (Å²) in [4.78, 5) is 39.3. The van der Waals surface area contributed by atoms with Gasteiger partial charge in [0.25, 0.3) is 0 Å². The highest BCUT2D eigenvalue weighted by Gasteiger charge is 2.25. The minimum Gasteiger partial charge on any atom is -0.368 e. The normalized spacial score (nSPS) is 13.2. The number of hydrogen-bond acceptors (Lipinski definition) is 4. The van der Waals surface area contributed by atoms with Crippen molar-refractivity contribution in [1.29, 1.82) is 0 Å². The maximum absolute atomic E-state index is 12.4. The van der Waals surface area contributed by atoms with Gasteiger partial charge in [-0.15, -0.1) is 0 Å². The third kappa shape index (κ3) is 6.95. The fourth-order valence-electron chi connectivity index (χ4n) is 2.21. The Morgan fingerprint density at radius 2 is 1.88 bits per heavy atom. The molecule has 1 heterocycles. The van der Waals surface area contributed by atoms with Gasteiger partial charge in [-0.05, 0) is 24.0 Å². The van der Waals surface area contributed by atoms with E-state index in [4.69, 9.17) is 17.3 Å². The quantitative estimate of drug-likeness (QED) is 0.599. The van der Waals surface area contributed by atoms with E-state index in [2.05, 4.69) is 15.6 Å². The zero-order valence-electron chi connectivity index (χ0n) is 14.0. The van der Waals surface area contributed by atoms with Crippen LogP contribution < -0.4 is 16.4 Å². The molecule has 0 aliphatic carbocycles. The van der Waals surface area contributed by atoms with Crippen molar-refractivity contribution in [3.63, 3.8) is 0 Å². The third-order valence-electron chi connectivity index (χ3n) is 3.29. The van der Waals surface area contributed by atoms with E-state index in [9.17, 15) is 14.4 Å². The highest BCUT2D eigenvalue weighted by atomic mass is 35.5. The summed E-state index contributed by atoms with van der Waals surface area (Å²) >= 11 is 5.72. The van der Waals surface area contributed by atoms with Crippen molar-refractivity contribution in [3.05, 3.63) is 29.0 Å². The molecule has 0 spiro atoms. The molecule has 0 aromatic carbocycles. The fraction of sp³-hybridized carbons (Fsp3) is 0.500. The van der Waals surface area contributed by atoms with Crippen molar-refractivity contribution in [3.8, 4) is 0 Å². The van der Waals surface area contributed by atoms with E-state index in [-0.39, 0.29) is 18.2 Å². The van der Waals surface area contributed by atoms with E-state index in [1.807, 2.05) is 13.8 Å². The van der Waals surface area contributed by atoms with Gasteiger partial charge in [0.1, 0.15) is 17.2 Å². The van der Waals surface area contributed by atoms with Crippen LogP contribution in [0, 0.1) is 5.92 Å². The van der Waals surface area contributed by atoms with Gasteiger partial charge in [0.15, 0.2) is 0 Å². The zero-order chi connectivity index (χ0) is 18.3. The van der Waals surface area contributed by atoms with Gasteiger partial charge in [-0.2, -0.15) is 0 Å². The van der Waals surface area contributed by atoms with Crippen LogP contribution in [0.15, 0.2) is 18.3 Å². The Hall–Kier alpha value is -2.15. The maximum atomic E-state index is 12.4. The summed E-state index contributed by atoms with van der Waals surface area (Å²) in [6.07, 6.45) is 2.17. The van der Waals surface area contributed by atoms with Gasteiger partial charge < -0.3 is 16.4 Å². The van der Waals surface area contributed by atoms with Crippen LogP contribution >= 0.6 is 11.6 Å². The van der Waals surface area contributed by atoms with E-state index < -0.39 is 23.9 Å². The average Bonchev–Trinajstić information content (AvgIpc) is 2.46. The summed E-state index contributed by atoms with van der Waals surface area (Å²) in [5, 5.41) is 5.53. The second kappa shape index (κ2) is 9.22. The molecular formula is C16H23ClN4O3. The summed E-state index contributed by atoms with van der Waals surface area (Å²) in [6.45, 7) is 5.21. The second-order valence-corrected chi connectivity index (χ2v) is 6.43. The zero-order valence-corrected chi connectivity index (χ0v) is 14.8. The molecule has 0 aliphatic heterocycles. The number of rotatable bonds is 8. The average molecular weight is 355 g/mol. The number of carbonyl (C=O) groups is 3. The molecule has 0 unspecified atom stereocenters. The van der Waals surface area contributed by atoms with Crippen molar-refractivity contribution in [2.24, 2.45) is 11.7 Å². The Morgan fingerprint density at radius 3 is 2.33 bits per heavy atom. The number of nitrogens with zero attached hydrogens (tertiary/aromatic N) is 1. The number of carbonyl (C=O) groups excluding carboxylic acids is 3. The van der Waals surface area contributed by atoms with Crippen LogP contribution in [-0.4, -0.2) is 34.8 Å². The summed E-state index contributed by atoms with van der Waals surface area (Å²) in [7, 11) is 0. The van der Waals surface area contributed by atoms with Crippen molar-refractivity contribution >= 4 is 29.3 Å². The number of nitrogens with one attached hydrogen (secondary N) is 2. The van der Waals surface area contributed by atoms with Gasteiger partial charge in [-0.1, -0.05) is 31.5 Å². The third-order valence-corrected chi connectivity index (χ3v) is 3.51. The molecule has 1 rings (SSSR count). The Balaban J connectivity index is 2.80. The smallest absolute Gasteiger partial charge is 0.243 e. The number of aromatic nitrogens is 1. The SMILES string of the molecule is CC(=O)N[C@@H](CC(C)C)C(=O)N[C@@H](Cc1ccc(Cl)nc1)C(N)=O. The molecule has 0 saturated heterocycles. The van der Waals surface area contributed by atoms with Gasteiger partial charge in [0.05, 0.1) is 0 Å². The number of primary amides is 1. The first kappa shape index (κ1) is 19.9. The van der Waals surface area contributed by atoms with Crippen LogP contribution in [0.3, 0.4) is 0 Å². The van der Waals surface area contributed by atoms with E-state index in [0.29, 0.717) is 17.1 Å². The minimum atomic E-state index is -0.899. The lowest BCUT2D eigenvalue weighted by molar-refractivity contribution is -0.131. The maximum Gasteiger partial charge on any atom is 0.243 e. The molecule has 7 nitrogen and oxygen atoms in total. The molecule has 0 bridgehead atoms. The highest BCUT2D eigenvalue weighted by Crippen LogP contribution is 2.09. The van der Waals surface area contributed by atoms with Crippen LogP contribution in [0.5, 0.6) is 0 Å². The first-order valence-corrected chi connectivity index (χ1v) is 8.04. The molecule has 24 heavy (non-hydrogen) atoms. The van der Waals surface area contributed by atoms with E-state index in [0.717, 1.165) is 0 Å². The molecule has 1 aromatic heterocycles. The molecule has 2 atom stereocenters. The highest BCUT2D eigenvalue weighted by molar-refractivity contribution is 6.29. The van der Waals surface area contributed by atoms with Crippen molar-refractivity contribution in [2.75, 3.05) is 0 Å². The van der Waals surface area contributed by atoms with E-state index in [1.54, 1.807) is 12.1 Å². The van der Waals surface area contributed by atoms with Crippen LogP contribution in [0.2, 0.25) is 5.15 Å². The molecule has 8 heteroatoms. The van der Waals surface area contributed by atoms with Gasteiger partial charge >= 0.3 is 0 Å². The summed E-state index contributed by atoms with van der Waals surface area (Å²) in [5.74, 6) is -1.22. The van der Waals surface area contributed by atoms with E-state index >= 15 is 0 Å². The summed E-state index contributed by atoms with van der Waals surface area (Å²) in [5.41, 5.74) is 6.09. The molecule has 3 amide bonds. The van der Waals surface area contributed by atoms with Crippen molar-refractivity contribution in [1.82, 2.24) is 15.6 Å². The number of amides is 3. The molecule has 0 aliphatic rings. The lowest BCUT2D eigenvalue weighted by atomic mass is 10.0. The first-order chi connectivity index (χ1) is 11.2. The van der Waals surface area contributed by atoms with Crippen LogP contribution in [0.4, 0.5) is 0 Å². The number of hydrogen-bond donors (Lipinski definition) is 3. The van der Waals surface area contributed by atoms with Crippen LogP contribution in [0.1, 0.15) is 32.8 Å². The molecule has 1 aromatic rings. The number of nitrogens with two attached hydrogens (primary N) is 1. The second-order valence-electron chi connectivity index (χ2n) is 6.04.